The number of esters is 2. The smallest absolute Gasteiger partial charge is 0.352 e. The summed E-state index contributed by atoms with van der Waals surface area (Å²) < 4.78 is 22.1. The molecular formula is C36H31N7O16S2. The fourth-order valence-electron chi connectivity index (χ4n) is 6.16. The van der Waals surface area contributed by atoms with Crippen molar-refractivity contribution >= 4 is 82.1 Å². The predicted molar refractivity (Wildman–Crippen MR) is 205 cm³/mol. The Balaban J connectivity index is 1.28. The van der Waals surface area contributed by atoms with Crippen LogP contribution in [-0.4, -0.2) is 118 Å². The number of hydrogen-bond acceptors (Lipinski definition) is 18. The zero-order chi connectivity index (χ0) is 44.3. The molecule has 61 heavy (non-hydrogen) atoms. The lowest BCUT2D eigenvalue weighted by Crippen LogP contribution is -2.71. The molecule has 4 heterocycles. The number of tetrazole rings is 1. The van der Waals surface area contributed by atoms with Crippen LogP contribution < -0.4 is 30.3 Å². The van der Waals surface area contributed by atoms with Gasteiger partial charge >= 0.3 is 29.8 Å². The van der Waals surface area contributed by atoms with E-state index in [1.165, 1.54) is 31.2 Å². The third-order valence-electron chi connectivity index (χ3n) is 8.69. The summed E-state index contributed by atoms with van der Waals surface area (Å²) in [6, 6.07) is 4.50. The molecule has 1 unspecified atom stereocenters. The van der Waals surface area contributed by atoms with E-state index in [0.717, 1.165) is 59.1 Å². The summed E-state index contributed by atoms with van der Waals surface area (Å²) in [4.78, 5) is 115. The molecule has 318 valence electrons. The minimum absolute atomic E-state index is 0.0248. The number of ether oxygens (including phenoxy) is 3. The second-order valence-corrected chi connectivity index (χ2v) is 15.0. The molecule has 0 spiro atoms. The predicted octanol–water partition coefficient (Wildman–Crippen LogP) is 0.489. The molecule has 4 aromatic rings. The van der Waals surface area contributed by atoms with Crippen LogP contribution in [0.25, 0.3) is 11.0 Å². The minimum Gasteiger partial charge on any atom is -0.482 e. The third-order valence-corrected chi connectivity index (χ3v) is 11.1. The Morgan fingerprint density at radius 2 is 1.66 bits per heavy atom. The fraction of sp³-hybridized carbons (Fsp3) is 0.278. The number of amides is 3. The first-order valence-electron chi connectivity index (χ1n) is 17.5. The van der Waals surface area contributed by atoms with Gasteiger partial charge in [0.15, 0.2) is 18.1 Å². The van der Waals surface area contributed by atoms with E-state index in [1.54, 1.807) is 0 Å². The van der Waals surface area contributed by atoms with Crippen LogP contribution in [0.3, 0.4) is 0 Å². The van der Waals surface area contributed by atoms with Crippen molar-refractivity contribution in [2.45, 2.75) is 49.9 Å². The van der Waals surface area contributed by atoms with Crippen LogP contribution in [0.15, 0.2) is 62.0 Å². The zero-order valence-corrected chi connectivity index (χ0v) is 33.4. The Hall–Kier alpha value is -7.28. The van der Waals surface area contributed by atoms with Crippen molar-refractivity contribution in [1.82, 2.24) is 35.7 Å². The van der Waals surface area contributed by atoms with Crippen molar-refractivity contribution in [3.05, 3.63) is 74.8 Å². The number of aromatic nitrogens is 4. The average molecular weight is 882 g/mol. The Labute approximate surface area is 349 Å². The largest absolute Gasteiger partial charge is 0.482 e. The normalized spacial score (nSPS) is 16.2. The standard InChI is InChI=1S/C36H31N7O16S2/c1-14-26(30(50)20-8-22(58-15(2)44)23(59-16(3)45)9-21(20)57-14)31(51)37-27(17-4-6-19(7-5-17)56-11-25(48)49)32(52)38-28-33(53)43-29(35(54)55)18(12-60-34(28)43)13-61-36-39-40-41-42(36)10-24(46)47/h4-9,27-28,34H,10-13H2,1-3H3,(H,37,51)(H,38,52)(H,46,47)(H,48,49)(H,54,55)/t27?,28-,34+/m1/s1. The number of carboxylic acids is 3. The Morgan fingerprint density at radius 1 is 0.984 bits per heavy atom. The van der Waals surface area contributed by atoms with Crippen LogP contribution in [0.2, 0.25) is 0 Å². The first kappa shape index (κ1) is 43.3. The van der Waals surface area contributed by atoms with E-state index >= 15 is 0 Å². The molecule has 0 saturated carbocycles. The van der Waals surface area contributed by atoms with E-state index in [0.29, 0.717) is 5.57 Å². The summed E-state index contributed by atoms with van der Waals surface area (Å²) in [6.45, 7) is 2.21. The summed E-state index contributed by atoms with van der Waals surface area (Å²) >= 11 is 2.09. The Bertz CT molecular complexity index is 2610. The second kappa shape index (κ2) is 17.9. The van der Waals surface area contributed by atoms with Gasteiger partial charge in [-0.3, -0.25) is 38.5 Å². The van der Waals surface area contributed by atoms with E-state index in [9.17, 15) is 48.3 Å². The van der Waals surface area contributed by atoms with Gasteiger partial charge in [0.05, 0.1) is 5.39 Å². The van der Waals surface area contributed by atoms with Crippen molar-refractivity contribution in [2.75, 3.05) is 18.1 Å². The van der Waals surface area contributed by atoms with E-state index < -0.39 is 89.2 Å². The second-order valence-electron chi connectivity index (χ2n) is 13.0. The maximum absolute atomic E-state index is 14.1. The highest BCUT2D eigenvalue weighted by Crippen LogP contribution is 2.42. The van der Waals surface area contributed by atoms with E-state index in [4.69, 9.17) is 28.8 Å². The first-order valence-corrected chi connectivity index (χ1v) is 19.5. The number of carbonyl (C=O) groups is 8. The summed E-state index contributed by atoms with van der Waals surface area (Å²) in [5.74, 6) is -9.07. The molecule has 2 aliphatic rings. The van der Waals surface area contributed by atoms with Gasteiger partial charge in [0, 0.05) is 31.4 Å². The number of benzene rings is 2. The molecular weight excluding hydrogens is 851 g/mol. The number of hydrogen-bond donors (Lipinski definition) is 5. The lowest BCUT2D eigenvalue weighted by atomic mass is 10.0. The van der Waals surface area contributed by atoms with E-state index in [1.807, 2.05) is 0 Å². The van der Waals surface area contributed by atoms with Crippen LogP contribution in [0.4, 0.5) is 0 Å². The topological polar surface area (TPSA) is 326 Å². The maximum Gasteiger partial charge on any atom is 0.352 e. The number of aryl methyl sites for hydroxylation is 1. The molecule has 2 aromatic heterocycles. The number of aliphatic carboxylic acids is 3. The monoisotopic (exact) mass is 881 g/mol. The number of carboxylic acid groups (broad SMARTS) is 3. The Kier molecular flexibility index (Phi) is 12.7. The van der Waals surface area contributed by atoms with Crippen molar-refractivity contribution < 1.29 is 72.3 Å². The first-order chi connectivity index (χ1) is 28.9. The molecule has 6 rings (SSSR count). The SMILES string of the molecule is CC(=O)Oc1cc2oc(C)c(C(=O)NC(C(=O)N[C@@H]3C(=O)N4C(C(=O)O)=C(CSc5nnnn5CC(=O)O)CS[C@@H]34)c3ccc(OCC(=O)O)cc3)c(=O)c2cc1OC(C)=O. The van der Waals surface area contributed by atoms with Gasteiger partial charge in [-0.25, -0.2) is 14.3 Å². The molecule has 5 N–H and O–H groups in total. The highest BCUT2D eigenvalue weighted by molar-refractivity contribution is 8.01. The lowest BCUT2D eigenvalue weighted by molar-refractivity contribution is -0.151. The molecule has 2 aromatic carbocycles. The third kappa shape index (κ3) is 9.46. The van der Waals surface area contributed by atoms with Gasteiger partial charge < -0.3 is 44.6 Å². The maximum atomic E-state index is 14.1. The van der Waals surface area contributed by atoms with Crippen LogP contribution in [-0.2, 0) is 40.1 Å². The van der Waals surface area contributed by atoms with Crippen molar-refractivity contribution in [3.63, 3.8) is 0 Å². The quantitative estimate of drug-likeness (QED) is 0.0442. The van der Waals surface area contributed by atoms with Crippen LogP contribution in [0.5, 0.6) is 17.2 Å². The molecule has 0 bridgehead atoms. The molecule has 3 amide bonds. The van der Waals surface area contributed by atoms with Gasteiger partial charge in [-0.15, -0.1) is 16.9 Å². The minimum atomic E-state index is -1.65. The van der Waals surface area contributed by atoms with Gasteiger partial charge in [0.2, 0.25) is 16.5 Å². The zero-order valence-electron chi connectivity index (χ0n) is 31.7. The van der Waals surface area contributed by atoms with E-state index in [2.05, 4.69) is 26.2 Å². The van der Waals surface area contributed by atoms with Gasteiger partial charge in [0.25, 0.3) is 11.8 Å². The molecule has 1 saturated heterocycles. The van der Waals surface area contributed by atoms with Gasteiger partial charge in [0.1, 0.15) is 52.4 Å². The Morgan fingerprint density at radius 3 is 2.28 bits per heavy atom. The highest BCUT2D eigenvalue weighted by atomic mass is 32.2. The lowest BCUT2D eigenvalue weighted by Gasteiger charge is -2.49. The molecule has 25 heteroatoms. The van der Waals surface area contributed by atoms with Crippen LogP contribution in [0, 0.1) is 6.92 Å². The molecule has 3 atom stereocenters. The number of thioether (sulfide) groups is 2. The van der Waals surface area contributed by atoms with Crippen molar-refractivity contribution in [3.8, 4) is 17.2 Å². The number of nitrogens with one attached hydrogen (secondary N) is 2. The highest BCUT2D eigenvalue weighted by Gasteiger charge is 2.54. The number of carbonyl (C=O) groups excluding carboxylic acids is 5. The fourth-order valence-corrected chi connectivity index (χ4v) is 8.52. The summed E-state index contributed by atoms with van der Waals surface area (Å²) in [7, 11) is 0. The molecule has 0 radical (unpaired) electrons. The van der Waals surface area contributed by atoms with Gasteiger partial charge in [-0.2, -0.15) is 0 Å². The summed E-state index contributed by atoms with van der Waals surface area (Å²) in [5.41, 5.74) is -1.63. The molecule has 0 aliphatic carbocycles. The summed E-state index contributed by atoms with van der Waals surface area (Å²) in [5, 5.41) is 43.0. The van der Waals surface area contributed by atoms with Crippen molar-refractivity contribution in [1.29, 1.82) is 0 Å². The molecule has 1 fully saturated rings. The average Bonchev–Trinajstić information content (AvgIpc) is 3.63. The van der Waals surface area contributed by atoms with Gasteiger partial charge in [-0.1, -0.05) is 23.9 Å². The number of fused-ring (bicyclic) bond motifs is 2. The van der Waals surface area contributed by atoms with E-state index in [-0.39, 0.29) is 61.9 Å². The summed E-state index contributed by atoms with van der Waals surface area (Å²) in [6.07, 6.45) is 0. The van der Waals surface area contributed by atoms with Crippen LogP contribution in [0.1, 0.15) is 41.6 Å². The number of rotatable bonds is 16. The van der Waals surface area contributed by atoms with Crippen LogP contribution >= 0.6 is 23.5 Å². The number of nitrogens with zero attached hydrogens (tertiary/aromatic N) is 5. The number of β-lactam (4-membered cyclic amide) rings is 1. The molecule has 2 aliphatic heterocycles. The van der Waals surface area contributed by atoms with Crippen molar-refractivity contribution in [2.24, 2.45) is 0 Å². The molecule has 23 nitrogen and oxygen atoms in total. The van der Waals surface area contributed by atoms with Gasteiger partial charge in [-0.05, 0) is 46.7 Å².